The van der Waals surface area contributed by atoms with Gasteiger partial charge >= 0.3 is 0 Å². The number of benzene rings is 1. The normalized spacial score (nSPS) is 17.3. The van der Waals surface area contributed by atoms with Crippen LogP contribution in [0.4, 0.5) is 0 Å². The number of hydrogen-bond donors (Lipinski definition) is 2. The summed E-state index contributed by atoms with van der Waals surface area (Å²) in [6, 6.07) is 9.93. The van der Waals surface area contributed by atoms with Crippen LogP contribution in [0.1, 0.15) is 37.2 Å². The Morgan fingerprint density at radius 2 is 1.89 bits per heavy atom. The fraction of sp³-hybridized carbons (Fsp3) is 0.571. The van der Waals surface area contributed by atoms with Crippen LogP contribution >= 0.6 is 0 Å². The Labute approximate surface area is 114 Å². The van der Waals surface area contributed by atoms with Crippen molar-refractivity contribution >= 4 is 10.0 Å². The van der Waals surface area contributed by atoms with Gasteiger partial charge in [0, 0.05) is 13.2 Å². The van der Waals surface area contributed by atoms with Crippen molar-refractivity contribution in [2.24, 2.45) is 0 Å². The van der Waals surface area contributed by atoms with Crippen LogP contribution in [0.25, 0.3) is 0 Å². The number of rotatable bonds is 8. The predicted octanol–water partition coefficient (Wildman–Crippen LogP) is 1.62. The van der Waals surface area contributed by atoms with Crippen molar-refractivity contribution in [3.8, 4) is 0 Å². The Hall–Kier alpha value is -0.910. The van der Waals surface area contributed by atoms with E-state index in [0.29, 0.717) is 13.0 Å². The minimum Gasteiger partial charge on any atom is -0.396 e. The van der Waals surface area contributed by atoms with Crippen LogP contribution in [-0.2, 0) is 10.0 Å². The van der Waals surface area contributed by atoms with E-state index in [2.05, 4.69) is 4.72 Å². The maximum absolute atomic E-state index is 11.7. The van der Waals surface area contributed by atoms with E-state index in [4.69, 9.17) is 5.11 Å². The highest BCUT2D eigenvalue weighted by Crippen LogP contribution is 2.28. The van der Waals surface area contributed by atoms with Gasteiger partial charge in [-0.2, -0.15) is 0 Å². The number of nitrogens with one attached hydrogen (secondary N) is 1. The Kier molecular flexibility index (Phi) is 4.96. The summed E-state index contributed by atoms with van der Waals surface area (Å²) in [5.41, 5.74) is 1.15. The zero-order valence-corrected chi connectivity index (χ0v) is 11.8. The molecule has 19 heavy (non-hydrogen) atoms. The summed E-state index contributed by atoms with van der Waals surface area (Å²) < 4.78 is 26.1. The highest BCUT2D eigenvalue weighted by Gasteiger charge is 2.35. The Morgan fingerprint density at radius 1 is 1.21 bits per heavy atom. The van der Waals surface area contributed by atoms with Gasteiger partial charge in [0.05, 0.1) is 5.25 Å². The van der Waals surface area contributed by atoms with Gasteiger partial charge in [-0.25, -0.2) is 13.1 Å². The zero-order valence-electron chi connectivity index (χ0n) is 11.0. The molecule has 106 valence electrons. The van der Waals surface area contributed by atoms with Gasteiger partial charge in [-0.1, -0.05) is 30.3 Å². The van der Waals surface area contributed by atoms with Crippen LogP contribution in [0.2, 0.25) is 0 Å². The maximum Gasteiger partial charge on any atom is 0.214 e. The van der Waals surface area contributed by atoms with E-state index in [9.17, 15) is 8.42 Å². The summed E-state index contributed by atoms with van der Waals surface area (Å²) in [5, 5.41) is 8.95. The lowest BCUT2D eigenvalue weighted by atomic mass is 9.93. The largest absolute Gasteiger partial charge is 0.396 e. The highest BCUT2D eigenvalue weighted by atomic mass is 32.2. The summed E-state index contributed by atoms with van der Waals surface area (Å²) in [4.78, 5) is 0. The van der Waals surface area contributed by atoms with Gasteiger partial charge in [0.25, 0.3) is 0 Å². The van der Waals surface area contributed by atoms with Gasteiger partial charge in [0.2, 0.25) is 10.0 Å². The predicted molar refractivity (Wildman–Crippen MR) is 75.4 cm³/mol. The molecule has 1 aromatic rings. The third kappa shape index (κ3) is 4.30. The zero-order chi connectivity index (χ0) is 13.7. The van der Waals surface area contributed by atoms with E-state index in [-0.39, 0.29) is 17.8 Å². The standard InChI is InChI=1S/C14H21NO3S/c16-11-9-13(12-4-2-1-3-5-12)8-10-15-19(17,18)14-6-7-14/h1-5,13-16H,6-11H2. The van der Waals surface area contributed by atoms with Gasteiger partial charge in [-0.3, -0.25) is 0 Å². The van der Waals surface area contributed by atoms with Gasteiger partial charge in [0.1, 0.15) is 0 Å². The minimum absolute atomic E-state index is 0.120. The smallest absolute Gasteiger partial charge is 0.214 e. The molecule has 5 heteroatoms. The molecule has 1 fully saturated rings. The molecule has 4 nitrogen and oxygen atoms in total. The molecule has 1 atom stereocenters. The van der Waals surface area contributed by atoms with Gasteiger partial charge in [0.15, 0.2) is 0 Å². The number of hydrogen-bond acceptors (Lipinski definition) is 3. The van der Waals surface area contributed by atoms with Crippen LogP contribution in [0, 0.1) is 0 Å². The lowest BCUT2D eigenvalue weighted by Crippen LogP contribution is -2.29. The molecule has 0 heterocycles. The third-order valence-electron chi connectivity index (χ3n) is 3.51. The maximum atomic E-state index is 11.7. The van der Waals surface area contributed by atoms with E-state index in [0.717, 1.165) is 24.8 Å². The molecule has 1 aliphatic rings. The molecule has 0 bridgehead atoms. The van der Waals surface area contributed by atoms with Crippen LogP contribution in [-0.4, -0.2) is 31.9 Å². The first-order chi connectivity index (χ1) is 9.13. The fourth-order valence-corrected chi connectivity index (χ4v) is 3.63. The van der Waals surface area contributed by atoms with Crippen molar-refractivity contribution in [3.05, 3.63) is 35.9 Å². The molecule has 1 saturated carbocycles. The van der Waals surface area contributed by atoms with Crippen LogP contribution < -0.4 is 4.72 Å². The Balaban J connectivity index is 1.87. The number of aliphatic hydroxyl groups is 1. The summed E-state index contributed by atoms with van der Waals surface area (Å²) in [5.74, 6) is 0.202. The second-order valence-electron chi connectivity index (χ2n) is 5.05. The molecule has 2 rings (SSSR count). The molecular formula is C14H21NO3S. The fourth-order valence-electron chi connectivity index (χ4n) is 2.23. The average molecular weight is 283 g/mol. The molecule has 1 unspecified atom stereocenters. The van der Waals surface area contributed by atoms with Gasteiger partial charge in [-0.15, -0.1) is 0 Å². The minimum atomic E-state index is -3.09. The highest BCUT2D eigenvalue weighted by molar-refractivity contribution is 7.90. The number of sulfonamides is 1. The second-order valence-corrected chi connectivity index (χ2v) is 7.09. The van der Waals surface area contributed by atoms with E-state index >= 15 is 0 Å². The first-order valence-electron chi connectivity index (χ1n) is 6.78. The first-order valence-corrected chi connectivity index (χ1v) is 8.32. The van der Waals surface area contributed by atoms with Crippen molar-refractivity contribution in [1.82, 2.24) is 4.72 Å². The van der Waals surface area contributed by atoms with Crippen molar-refractivity contribution < 1.29 is 13.5 Å². The van der Waals surface area contributed by atoms with Crippen molar-refractivity contribution in [2.75, 3.05) is 13.2 Å². The summed E-state index contributed by atoms with van der Waals surface area (Å²) in [6.45, 7) is 0.563. The lowest BCUT2D eigenvalue weighted by molar-refractivity contribution is 0.273. The van der Waals surface area contributed by atoms with Crippen LogP contribution in [0.15, 0.2) is 30.3 Å². The van der Waals surface area contributed by atoms with E-state index in [1.165, 1.54) is 0 Å². The van der Waals surface area contributed by atoms with Gasteiger partial charge < -0.3 is 5.11 Å². The molecule has 0 spiro atoms. The van der Waals surface area contributed by atoms with Gasteiger partial charge in [-0.05, 0) is 37.2 Å². The van der Waals surface area contributed by atoms with E-state index in [1.807, 2.05) is 30.3 Å². The SMILES string of the molecule is O=S(=O)(NCCC(CCO)c1ccccc1)C1CC1. The third-order valence-corrected chi connectivity index (χ3v) is 5.46. The molecule has 1 aliphatic carbocycles. The second kappa shape index (κ2) is 6.50. The molecule has 0 saturated heterocycles. The first kappa shape index (κ1) is 14.5. The summed E-state index contributed by atoms with van der Waals surface area (Å²) >= 11 is 0. The molecule has 0 radical (unpaired) electrons. The topological polar surface area (TPSA) is 66.4 Å². The van der Waals surface area contributed by atoms with Crippen molar-refractivity contribution in [1.29, 1.82) is 0 Å². The van der Waals surface area contributed by atoms with Crippen molar-refractivity contribution in [3.63, 3.8) is 0 Å². The van der Waals surface area contributed by atoms with Crippen LogP contribution in [0.5, 0.6) is 0 Å². The number of aliphatic hydroxyl groups excluding tert-OH is 1. The molecule has 1 aromatic carbocycles. The van der Waals surface area contributed by atoms with E-state index in [1.54, 1.807) is 0 Å². The molecule has 0 amide bonds. The average Bonchev–Trinajstić information content (AvgIpc) is 3.23. The molecule has 0 aromatic heterocycles. The lowest BCUT2D eigenvalue weighted by Gasteiger charge is -2.16. The van der Waals surface area contributed by atoms with Crippen molar-refractivity contribution in [2.45, 2.75) is 36.9 Å². The van der Waals surface area contributed by atoms with E-state index < -0.39 is 10.0 Å². The Bertz CT molecular complexity index is 483. The molecular weight excluding hydrogens is 262 g/mol. The van der Waals surface area contributed by atoms with Crippen LogP contribution in [0.3, 0.4) is 0 Å². The monoisotopic (exact) mass is 283 g/mol. The molecule has 2 N–H and O–H groups in total. The summed E-state index contributed by atoms with van der Waals surface area (Å²) in [6.07, 6.45) is 2.95. The quantitative estimate of drug-likeness (QED) is 0.762. The molecule has 0 aliphatic heterocycles. The summed E-state index contributed by atoms with van der Waals surface area (Å²) in [7, 11) is -3.09. The Morgan fingerprint density at radius 3 is 2.47 bits per heavy atom.